The molecule has 112 valence electrons. The number of pyridine rings is 1. The van der Waals surface area contributed by atoms with Gasteiger partial charge in [0.25, 0.3) is 10.0 Å². The third-order valence-corrected chi connectivity index (χ3v) is 5.10. The van der Waals surface area contributed by atoms with Crippen LogP contribution >= 0.6 is 0 Å². The van der Waals surface area contributed by atoms with Gasteiger partial charge in [-0.15, -0.1) is 0 Å². The van der Waals surface area contributed by atoms with E-state index < -0.39 is 27.7 Å². The van der Waals surface area contributed by atoms with Gasteiger partial charge in [-0.05, 0) is 36.8 Å². The summed E-state index contributed by atoms with van der Waals surface area (Å²) in [6.45, 7) is 1.59. The fourth-order valence-corrected chi connectivity index (χ4v) is 3.12. The molecule has 1 aromatic carbocycles. The van der Waals surface area contributed by atoms with Gasteiger partial charge in [-0.1, -0.05) is 12.1 Å². The number of halogens is 2. The predicted molar refractivity (Wildman–Crippen MR) is 74.0 cm³/mol. The molecule has 2 rings (SSSR count). The Morgan fingerprint density at radius 2 is 1.86 bits per heavy atom. The molecule has 21 heavy (non-hydrogen) atoms. The summed E-state index contributed by atoms with van der Waals surface area (Å²) in [7, 11) is -2.43. The molecule has 0 fully saturated rings. The Balaban J connectivity index is 2.34. The second kappa shape index (κ2) is 5.87. The summed E-state index contributed by atoms with van der Waals surface area (Å²) < 4.78 is 52.1. The topological polar surface area (TPSA) is 50.3 Å². The first-order chi connectivity index (χ1) is 9.84. The molecular formula is C14H14F2N2O2S. The summed E-state index contributed by atoms with van der Waals surface area (Å²) in [6.07, 6.45) is 1.38. The molecule has 0 aliphatic rings. The standard InChI is InChI=1S/C14H14F2N2O2S/c1-10(11-6-7-12(15)13(16)9-11)18(2)21(19,20)14-5-3-4-8-17-14/h3-10H,1-2H3/t10-/m1/s1. The van der Waals surface area contributed by atoms with E-state index in [-0.39, 0.29) is 5.03 Å². The highest BCUT2D eigenvalue weighted by atomic mass is 32.2. The van der Waals surface area contributed by atoms with E-state index in [0.29, 0.717) is 5.56 Å². The molecule has 0 radical (unpaired) electrons. The third kappa shape index (κ3) is 3.08. The van der Waals surface area contributed by atoms with Crippen molar-refractivity contribution in [2.75, 3.05) is 7.05 Å². The van der Waals surface area contributed by atoms with Gasteiger partial charge in [0.15, 0.2) is 16.7 Å². The molecule has 4 nitrogen and oxygen atoms in total. The number of aromatic nitrogens is 1. The maximum absolute atomic E-state index is 13.3. The van der Waals surface area contributed by atoms with Crippen LogP contribution in [0.2, 0.25) is 0 Å². The third-order valence-electron chi connectivity index (χ3n) is 3.25. The van der Waals surface area contributed by atoms with Crippen molar-refractivity contribution in [2.24, 2.45) is 0 Å². The van der Waals surface area contributed by atoms with Gasteiger partial charge in [-0.2, -0.15) is 4.31 Å². The average Bonchev–Trinajstić information content (AvgIpc) is 2.49. The number of nitrogens with zero attached hydrogens (tertiary/aromatic N) is 2. The van der Waals surface area contributed by atoms with Gasteiger partial charge >= 0.3 is 0 Å². The van der Waals surface area contributed by atoms with Crippen molar-refractivity contribution < 1.29 is 17.2 Å². The number of hydrogen-bond acceptors (Lipinski definition) is 3. The molecule has 0 aliphatic heterocycles. The first-order valence-electron chi connectivity index (χ1n) is 6.18. The van der Waals surface area contributed by atoms with Crippen LogP contribution in [0.15, 0.2) is 47.6 Å². The second-order valence-corrected chi connectivity index (χ2v) is 6.48. The maximum Gasteiger partial charge on any atom is 0.260 e. The van der Waals surface area contributed by atoms with Crippen LogP contribution in [0.25, 0.3) is 0 Å². The van der Waals surface area contributed by atoms with Crippen molar-refractivity contribution in [1.29, 1.82) is 0 Å². The molecule has 1 aromatic heterocycles. The van der Waals surface area contributed by atoms with Crippen LogP contribution in [0.5, 0.6) is 0 Å². The van der Waals surface area contributed by atoms with E-state index in [1.165, 1.54) is 25.4 Å². The van der Waals surface area contributed by atoms with E-state index in [4.69, 9.17) is 0 Å². The van der Waals surface area contributed by atoms with E-state index in [1.807, 2.05) is 0 Å². The van der Waals surface area contributed by atoms with Gasteiger partial charge < -0.3 is 0 Å². The Morgan fingerprint density at radius 1 is 1.14 bits per heavy atom. The summed E-state index contributed by atoms with van der Waals surface area (Å²) >= 11 is 0. The van der Waals surface area contributed by atoms with E-state index in [2.05, 4.69) is 4.98 Å². The molecule has 0 bridgehead atoms. The monoisotopic (exact) mass is 312 g/mol. The van der Waals surface area contributed by atoms with Gasteiger partial charge in [-0.3, -0.25) is 0 Å². The Labute approximate surface area is 122 Å². The van der Waals surface area contributed by atoms with E-state index in [0.717, 1.165) is 16.4 Å². The number of rotatable bonds is 4. The molecule has 0 N–H and O–H groups in total. The van der Waals surface area contributed by atoms with Crippen molar-refractivity contribution in [3.63, 3.8) is 0 Å². The van der Waals surface area contributed by atoms with Crippen LogP contribution in [0.4, 0.5) is 8.78 Å². The minimum Gasteiger partial charge on any atom is -0.243 e. The lowest BCUT2D eigenvalue weighted by Crippen LogP contribution is -2.30. The fraction of sp³-hybridized carbons (Fsp3) is 0.214. The summed E-state index contributed by atoms with van der Waals surface area (Å²) in [6, 6.07) is 7.21. The van der Waals surface area contributed by atoms with Crippen molar-refractivity contribution >= 4 is 10.0 Å². The normalized spacial score (nSPS) is 13.4. The minimum absolute atomic E-state index is 0.0954. The molecule has 0 saturated heterocycles. The first-order valence-corrected chi connectivity index (χ1v) is 7.62. The second-order valence-electron chi connectivity index (χ2n) is 4.54. The van der Waals surface area contributed by atoms with Crippen molar-refractivity contribution in [3.05, 3.63) is 59.8 Å². The van der Waals surface area contributed by atoms with Crippen molar-refractivity contribution in [3.8, 4) is 0 Å². The van der Waals surface area contributed by atoms with Crippen LogP contribution in [-0.2, 0) is 10.0 Å². The molecule has 0 unspecified atom stereocenters. The zero-order valence-electron chi connectivity index (χ0n) is 11.5. The van der Waals surface area contributed by atoms with Gasteiger partial charge in [0.1, 0.15) is 0 Å². The van der Waals surface area contributed by atoms with E-state index in [1.54, 1.807) is 19.1 Å². The minimum atomic E-state index is -3.80. The summed E-state index contributed by atoms with van der Waals surface area (Å²) in [5.41, 5.74) is 0.357. The number of benzene rings is 1. The lowest BCUT2D eigenvalue weighted by Gasteiger charge is -2.24. The molecule has 1 atom stereocenters. The Bertz CT molecular complexity index is 736. The molecule has 0 saturated carbocycles. The van der Waals surface area contributed by atoms with Gasteiger partial charge in [-0.25, -0.2) is 22.2 Å². The largest absolute Gasteiger partial charge is 0.260 e. The molecular weight excluding hydrogens is 298 g/mol. The quantitative estimate of drug-likeness (QED) is 0.872. The highest BCUT2D eigenvalue weighted by molar-refractivity contribution is 7.89. The highest BCUT2D eigenvalue weighted by Gasteiger charge is 2.27. The Kier molecular flexibility index (Phi) is 4.34. The molecule has 0 spiro atoms. The first kappa shape index (κ1) is 15.5. The smallest absolute Gasteiger partial charge is 0.243 e. The molecule has 1 heterocycles. The number of hydrogen-bond donors (Lipinski definition) is 0. The molecule has 2 aromatic rings. The molecule has 7 heteroatoms. The predicted octanol–water partition coefficient (Wildman–Crippen LogP) is 2.74. The summed E-state index contributed by atoms with van der Waals surface area (Å²) in [4.78, 5) is 3.82. The van der Waals surface area contributed by atoms with Crippen LogP contribution in [-0.4, -0.2) is 24.8 Å². The number of sulfonamides is 1. The van der Waals surface area contributed by atoms with Crippen molar-refractivity contribution in [2.45, 2.75) is 18.0 Å². The maximum atomic E-state index is 13.3. The van der Waals surface area contributed by atoms with Crippen molar-refractivity contribution in [1.82, 2.24) is 9.29 Å². The lowest BCUT2D eigenvalue weighted by molar-refractivity contribution is 0.394. The Morgan fingerprint density at radius 3 is 2.43 bits per heavy atom. The van der Waals surface area contributed by atoms with E-state index in [9.17, 15) is 17.2 Å². The zero-order valence-corrected chi connectivity index (χ0v) is 12.3. The zero-order chi connectivity index (χ0) is 15.6. The van der Waals surface area contributed by atoms with Crippen LogP contribution in [0.1, 0.15) is 18.5 Å². The summed E-state index contributed by atoms with van der Waals surface area (Å²) in [5.74, 6) is -1.98. The molecule has 0 amide bonds. The van der Waals surface area contributed by atoms with E-state index >= 15 is 0 Å². The summed E-state index contributed by atoms with van der Waals surface area (Å²) in [5, 5.41) is -0.0954. The van der Waals surface area contributed by atoms with Crippen LogP contribution in [0, 0.1) is 11.6 Å². The average molecular weight is 312 g/mol. The SMILES string of the molecule is C[C@H](c1ccc(F)c(F)c1)N(C)S(=O)(=O)c1ccccn1. The van der Waals surface area contributed by atoms with Crippen LogP contribution in [0.3, 0.4) is 0 Å². The molecule has 0 aliphatic carbocycles. The lowest BCUT2D eigenvalue weighted by atomic mass is 10.1. The Hall–Kier alpha value is -1.86. The fourth-order valence-electron chi connectivity index (χ4n) is 1.84. The van der Waals surface area contributed by atoms with Gasteiger partial charge in [0.05, 0.1) is 0 Å². The van der Waals surface area contributed by atoms with Gasteiger partial charge in [0, 0.05) is 19.3 Å². The van der Waals surface area contributed by atoms with Gasteiger partial charge in [0.2, 0.25) is 0 Å². The van der Waals surface area contributed by atoms with Crippen LogP contribution < -0.4 is 0 Å². The highest BCUT2D eigenvalue weighted by Crippen LogP contribution is 2.25.